The molecule has 0 aliphatic heterocycles. The summed E-state index contributed by atoms with van der Waals surface area (Å²) in [4.78, 5) is 0. The Morgan fingerprint density at radius 3 is 2.82 bits per heavy atom. The lowest BCUT2D eigenvalue weighted by molar-refractivity contribution is 0.176. The van der Waals surface area contributed by atoms with E-state index in [2.05, 4.69) is 5.16 Å². The monoisotopic (exact) mass is 159 g/mol. The number of hydrogen-bond donors (Lipinski definition) is 2. The molecule has 2 N–H and O–H groups in total. The maximum atomic E-state index is 8.33. The Balaban J connectivity index is 2.96. The largest absolute Gasteiger partial charge is 0.411 e. The van der Waals surface area contributed by atoms with E-state index in [1.807, 2.05) is 6.08 Å². The van der Waals surface area contributed by atoms with Gasteiger partial charge in [-0.2, -0.15) is 0 Å². The molecule has 0 amide bonds. The second kappa shape index (κ2) is 9.13. The molecule has 0 heterocycles. The fourth-order valence-electron chi connectivity index (χ4n) is 0.513. The molecule has 0 saturated carbocycles. The van der Waals surface area contributed by atoms with Crippen LogP contribution in [0.4, 0.5) is 0 Å². The number of aliphatic hydroxyl groups is 1. The van der Waals surface area contributed by atoms with Crippen molar-refractivity contribution in [3.63, 3.8) is 0 Å². The van der Waals surface area contributed by atoms with E-state index in [4.69, 9.17) is 15.1 Å². The molecule has 0 fully saturated rings. The first-order valence-corrected chi connectivity index (χ1v) is 3.41. The third kappa shape index (κ3) is 9.13. The minimum Gasteiger partial charge on any atom is -0.411 e. The van der Waals surface area contributed by atoms with Gasteiger partial charge in [0.05, 0.1) is 26.0 Å². The third-order valence-electron chi connectivity index (χ3n) is 0.975. The molecular weight excluding hydrogens is 146 g/mol. The second-order valence-corrected chi connectivity index (χ2v) is 1.82. The van der Waals surface area contributed by atoms with Crippen molar-refractivity contribution in [2.24, 2.45) is 5.16 Å². The van der Waals surface area contributed by atoms with E-state index >= 15 is 0 Å². The molecule has 0 atom stereocenters. The fourth-order valence-corrected chi connectivity index (χ4v) is 0.513. The van der Waals surface area contributed by atoms with Gasteiger partial charge in [-0.1, -0.05) is 17.3 Å². The molecule has 0 spiro atoms. The number of aliphatic hydroxyl groups excluding tert-OH is 1. The van der Waals surface area contributed by atoms with Crippen LogP contribution in [0, 0.1) is 0 Å². The zero-order valence-electron chi connectivity index (χ0n) is 6.31. The van der Waals surface area contributed by atoms with Gasteiger partial charge < -0.3 is 15.1 Å². The second-order valence-electron chi connectivity index (χ2n) is 1.82. The quantitative estimate of drug-likeness (QED) is 0.194. The van der Waals surface area contributed by atoms with Gasteiger partial charge >= 0.3 is 0 Å². The third-order valence-corrected chi connectivity index (χ3v) is 0.975. The van der Waals surface area contributed by atoms with E-state index in [9.17, 15) is 0 Å². The zero-order valence-corrected chi connectivity index (χ0v) is 6.31. The molecule has 0 saturated heterocycles. The normalized spacial score (nSPS) is 11.7. The highest BCUT2D eigenvalue weighted by atomic mass is 16.5. The Morgan fingerprint density at radius 1 is 1.36 bits per heavy atom. The SMILES string of the molecule is OC/C=C/CCOC/C=N\O. The summed E-state index contributed by atoms with van der Waals surface area (Å²) < 4.78 is 4.98. The van der Waals surface area contributed by atoms with E-state index in [1.165, 1.54) is 6.21 Å². The van der Waals surface area contributed by atoms with E-state index in [-0.39, 0.29) is 6.61 Å². The van der Waals surface area contributed by atoms with Crippen molar-refractivity contribution in [1.29, 1.82) is 0 Å². The summed E-state index contributed by atoms with van der Waals surface area (Å²) in [5, 5.41) is 19.0. The van der Waals surface area contributed by atoms with Crippen LogP contribution in [0.15, 0.2) is 17.3 Å². The summed E-state index contributed by atoms with van der Waals surface area (Å²) in [7, 11) is 0. The predicted octanol–water partition coefficient (Wildman–Crippen LogP) is 0.402. The summed E-state index contributed by atoms with van der Waals surface area (Å²) in [6, 6.07) is 0. The molecule has 0 aromatic rings. The standard InChI is InChI=1S/C7H13NO3/c9-5-2-1-3-6-11-7-4-8-10/h1-2,4,9-10H,3,5-7H2/b2-1+,8-4-. The van der Waals surface area contributed by atoms with Crippen molar-refractivity contribution in [2.75, 3.05) is 19.8 Å². The van der Waals surface area contributed by atoms with Gasteiger partial charge in [0.1, 0.15) is 0 Å². The minimum atomic E-state index is 0.0676. The molecule has 11 heavy (non-hydrogen) atoms. The van der Waals surface area contributed by atoms with Crippen LogP contribution in [-0.4, -0.2) is 36.3 Å². The predicted molar refractivity (Wildman–Crippen MR) is 41.9 cm³/mol. The maximum Gasteiger partial charge on any atom is 0.0852 e. The summed E-state index contributed by atoms with van der Waals surface area (Å²) >= 11 is 0. The van der Waals surface area contributed by atoms with Gasteiger partial charge in [0.2, 0.25) is 0 Å². The molecule has 0 aliphatic carbocycles. The zero-order chi connectivity index (χ0) is 8.36. The minimum absolute atomic E-state index is 0.0676. The number of ether oxygens (including phenoxy) is 1. The lowest BCUT2D eigenvalue weighted by Gasteiger charge is -1.94. The summed E-state index contributed by atoms with van der Waals surface area (Å²) in [5.41, 5.74) is 0. The van der Waals surface area contributed by atoms with Crippen molar-refractivity contribution in [1.82, 2.24) is 0 Å². The van der Waals surface area contributed by atoms with E-state index < -0.39 is 0 Å². The van der Waals surface area contributed by atoms with Crippen LogP contribution in [0.5, 0.6) is 0 Å². The molecule has 0 aromatic heterocycles. The molecule has 0 aromatic carbocycles. The Labute approximate surface area is 65.8 Å². The van der Waals surface area contributed by atoms with Gasteiger partial charge in [0.25, 0.3) is 0 Å². The van der Waals surface area contributed by atoms with Crippen LogP contribution in [0.2, 0.25) is 0 Å². The van der Waals surface area contributed by atoms with Crippen molar-refractivity contribution in [2.45, 2.75) is 6.42 Å². The Kier molecular flexibility index (Phi) is 8.41. The molecule has 0 aliphatic rings. The number of rotatable bonds is 6. The molecular formula is C7H13NO3. The summed E-state index contributed by atoms with van der Waals surface area (Å²) in [5.74, 6) is 0. The lowest BCUT2D eigenvalue weighted by Crippen LogP contribution is -1.96. The van der Waals surface area contributed by atoms with Gasteiger partial charge in [0, 0.05) is 0 Å². The van der Waals surface area contributed by atoms with Crippen LogP contribution in [-0.2, 0) is 4.74 Å². The summed E-state index contributed by atoms with van der Waals surface area (Å²) in [6.07, 6.45) is 5.52. The highest BCUT2D eigenvalue weighted by molar-refractivity contribution is 5.57. The van der Waals surface area contributed by atoms with Gasteiger partial charge in [0.15, 0.2) is 0 Å². The molecule has 0 radical (unpaired) electrons. The van der Waals surface area contributed by atoms with E-state index in [0.717, 1.165) is 6.42 Å². The molecule has 64 valence electrons. The maximum absolute atomic E-state index is 8.33. The Hall–Kier alpha value is -0.870. The van der Waals surface area contributed by atoms with E-state index in [1.54, 1.807) is 6.08 Å². The molecule has 0 unspecified atom stereocenters. The average Bonchev–Trinajstić information content (AvgIpc) is 2.03. The molecule has 0 bridgehead atoms. The van der Waals surface area contributed by atoms with Crippen molar-refractivity contribution >= 4 is 6.21 Å². The van der Waals surface area contributed by atoms with Gasteiger partial charge in [-0.05, 0) is 6.42 Å². The molecule has 4 heteroatoms. The van der Waals surface area contributed by atoms with Gasteiger partial charge in [-0.15, -0.1) is 0 Å². The first-order valence-electron chi connectivity index (χ1n) is 3.41. The van der Waals surface area contributed by atoms with Gasteiger partial charge in [-0.25, -0.2) is 0 Å². The average molecular weight is 159 g/mol. The molecule has 4 nitrogen and oxygen atoms in total. The van der Waals surface area contributed by atoms with Crippen LogP contribution in [0.3, 0.4) is 0 Å². The van der Waals surface area contributed by atoms with Crippen molar-refractivity contribution in [3.05, 3.63) is 12.2 Å². The van der Waals surface area contributed by atoms with Crippen LogP contribution in [0.1, 0.15) is 6.42 Å². The fraction of sp³-hybridized carbons (Fsp3) is 0.571. The Bertz CT molecular complexity index is 123. The molecule has 0 rings (SSSR count). The highest BCUT2D eigenvalue weighted by Gasteiger charge is 1.81. The Morgan fingerprint density at radius 2 is 2.18 bits per heavy atom. The number of oxime groups is 1. The number of nitrogens with zero attached hydrogens (tertiary/aromatic N) is 1. The highest BCUT2D eigenvalue weighted by Crippen LogP contribution is 1.83. The van der Waals surface area contributed by atoms with Crippen LogP contribution >= 0.6 is 0 Å². The number of hydrogen-bond acceptors (Lipinski definition) is 4. The topological polar surface area (TPSA) is 62.0 Å². The van der Waals surface area contributed by atoms with Gasteiger partial charge in [-0.3, -0.25) is 0 Å². The lowest BCUT2D eigenvalue weighted by atomic mass is 10.4. The van der Waals surface area contributed by atoms with Crippen LogP contribution in [0.25, 0.3) is 0 Å². The van der Waals surface area contributed by atoms with E-state index in [0.29, 0.717) is 13.2 Å². The first-order chi connectivity index (χ1) is 5.41. The smallest absolute Gasteiger partial charge is 0.0852 e. The van der Waals surface area contributed by atoms with Crippen molar-refractivity contribution < 1.29 is 15.1 Å². The van der Waals surface area contributed by atoms with Crippen molar-refractivity contribution in [3.8, 4) is 0 Å². The van der Waals surface area contributed by atoms with Crippen LogP contribution < -0.4 is 0 Å². The first kappa shape index (κ1) is 10.1. The summed E-state index contributed by atoms with van der Waals surface area (Å²) in [6.45, 7) is 0.962.